The Morgan fingerprint density at radius 2 is 2.00 bits per heavy atom. The van der Waals surface area contributed by atoms with Gasteiger partial charge in [-0.15, -0.1) is 0 Å². The molecule has 1 heteroatoms. The summed E-state index contributed by atoms with van der Waals surface area (Å²) in [7, 11) is -0.582. The van der Waals surface area contributed by atoms with Gasteiger partial charge in [0.25, 0.3) is 0 Å². The van der Waals surface area contributed by atoms with Gasteiger partial charge in [-0.3, -0.25) is 0 Å². The predicted octanol–water partition coefficient (Wildman–Crippen LogP) is 4.11. The van der Waals surface area contributed by atoms with Crippen LogP contribution in [0.4, 0.5) is 0 Å². The molecule has 0 nitrogen and oxygen atoms in total. The summed E-state index contributed by atoms with van der Waals surface area (Å²) < 4.78 is 0. The Morgan fingerprint density at radius 1 is 1.38 bits per heavy atom. The fourth-order valence-electron chi connectivity index (χ4n) is 1.02. The molecule has 0 aliphatic rings. The highest BCUT2D eigenvalue weighted by atomic mass is 32.3. The number of rotatable bonds is 5. The van der Waals surface area contributed by atoms with Gasteiger partial charge in [0.1, 0.15) is 0 Å². The summed E-state index contributed by atoms with van der Waals surface area (Å²) in [5.74, 6) is 1.24. The molecule has 0 atom stereocenters. The van der Waals surface area contributed by atoms with Crippen LogP contribution in [0.3, 0.4) is 0 Å². The molecule has 0 saturated heterocycles. The summed E-state index contributed by atoms with van der Waals surface area (Å²) in [5.41, 5.74) is 0. The Balaban J connectivity index is 4.49. The van der Waals surface area contributed by atoms with Crippen LogP contribution < -0.4 is 0 Å². The van der Waals surface area contributed by atoms with Crippen LogP contribution in [-0.2, 0) is 0 Å². The second-order valence-electron chi connectivity index (χ2n) is 3.44. The lowest BCUT2D eigenvalue weighted by molar-refractivity contribution is 1.36. The van der Waals surface area contributed by atoms with E-state index in [1.807, 2.05) is 6.08 Å². The van der Waals surface area contributed by atoms with E-state index >= 15 is 0 Å². The van der Waals surface area contributed by atoms with E-state index in [1.54, 1.807) is 0 Å². The largest absolute Gasteiger partial charge is 0.221 e. The van der Waals surface area contributed by atoms with E-state index in [4.69, 9.17) is 0 Å². The van der Waals surface area contributed by atoms with Crippen LogP contribution in [0.5, 0.6) is 0 Å². The molecule has 76 valence electrons. The van der Waals surface area contributed by atoms with Crippen LogP contribution in [-0.4, -0.2) is 18.3 Å². The molecule has 0 aromatic carbocycles. The summed E-state index contributed by atoms with van der Waals surface area (Å²) >= 11 is 0. The van der Waals surface area contributed by atoms with Crippen LogP contribution in [0.1, 0.15) is 20.3 Å². The van der Waals surface area contributed by atoms with Gasteiger partial charge in [0.15, 0.2) is 0 Å². The van der Waals surface area contributed by atoms with Gasteiger partial charge >= 0.3 is 0 Å². The van der Waals surface area contributed by atoms with Gasteiger partial charge in [0.05, 0.1) is 0 Å². The molecule has 0 spiro atoms. The van der Waals surface area contributed by atoms with Crippen LogP contribution in [0, 0.1) is 0 Å². The highest BCUT2D eigenvalue weighted by Gasteiger charge is 2.11. The average molecular weight is 198 g/mol. The normalized spacial score (nSPS) is 14.9. The third-order valence-electron chi connectivity index (χ3n) is 2.25. The van der Waals surface area contributed by atoms with Crippen molar-refractivity contribution in [2.24, 2.45) is 0 Å². The molecular weight excluding hydrogens is 176 g/mol. The van der Waals surface area contributed by atoms with Crippen LogP contribution in [0.25, 0.3) is 0 Å². The van der Waals surface area contributed by atoms with Gasteiger partial charge in [-0.2, -0.15) is 0 Å². The second-order valence-corrected chi connectivity index (χ2v) is 7.57. The van der Waals surface area contributed by atoms with Gasteiger partial charge in [-0.25, -0.2) is 10.0 Å². The van der Waals surface area contributed by atoms with Crippen molar-refractivity contribution in [3.8, 4) is 0 Å². The standard InChI is InChI=1S/C12H22S/c1-6-9-10-11-12(7-2)13(4,5)8-3/h6-7,9,11H,2,8,10H2,1,3-5H3/b9-6-,12-11+. The molecule has 0 N–H and O–H groups in total. The number of hydrogen-bond acceptors (Lipinski definition) is 0. The Kier molecular flexibility index (Phi) is 5.89. The third-order valence-corrected chi connectivity index (χ3v) is 5.30. The smallest absolute Gasteiger partial charge is 0.0147 e. The maximum atomic E-state index is 3.88. The molecule has 0 bridgehead atoms. The molecule has 0 aliphatic carbocycles. The van der Waals surface area contributed by atoms with Crippen molar-refractivity contribution >= 4 is 10.0 Å². The van der Waals surface area contributed by atoms with E-state index in [-0.39, 0.29) is 0 Å². The fourth-order valence-corrected chi connectivity index (χ4v) is 2.35. The molecule has 0 amide bonds. The summed E-state index contributed by atoms with van der Waals surface area (Å²) in [6.07, 6.45) is 14.3. The topological polar surface area (TPSA) is 0 Å². The lowest BCUT2D eigenvalue weighted by Gasteiger charge is -2.31. The van der Waals surface area contributed by atoms with Gasteiger partial charge in [-0.05, 0) is 36.5 Å². The van der Waals surface area contributed by atoms with Crippen molar-refractivity contribution in [2.45, 2.75) is 20.3 Å². The quantitative estimate of drug-likeness (QED) is 0.461. The van der Waals surface area contributed by atoms with E-state index in [0.29, 0.717) is 0 Å². The number of hydrogen-bond donors (Lipinski definition) is 0. The van der Waals surface area contributed by atoms with Gasteiger partial charge in [0, 0.05) is 0 Å². The highest BCUT2D eigenvalue weighted by Crippen LogP contribution is 2.48. The average Bonchev–Trinajstić information content (AvgIpc) is 2.12. The SMILES string of the molecule is C=C/C(=C\C/C=C\C)S(C)(C)CC. The van der Waals surface area contributed by atoms with E-state index in [0.717, 1.165) is 6.42 Å². The highest BCUT2D eigenvalue weighted by molar-refractivity contribution is 8.35. The minimum Gasteiger partial charge on any atom is -0.221 e. The molecular formula is C12H22S. The zero-order valence-electron chi connectivity index (χ0n) is 9.34. The molecule has 0 heterocycles. The minimum absolute atomic E-state index is 0.582. The molecule has 0 radical (unpaired) electrons. The first-order valence-corrected chi connectivity index (χ1v) is 7.35. The van der Waals surface area contributed by atoms with Crippen molar-refractivity contribution in [3.05, 3.63) is 35.8 Å². The summed E-state index contributed by atoms with van der Waals surface area (Å²) in [5, 5.41) is 0. The zero-order valence-corrected chi connectivity index (χ0v) is 10.2. The lowest BCUT2D eigenvalue weighted by Crippen LogP contribution is -1.99. The van der Waals surface area contributed by atoms with Crippen molar-refractivity contribution in [1.29, 1.82) is 0 Å². The Labute approximate surface area is 84.7 Å². The van der Waals surface area contributed by atoms with Crippen molar-refractivity contribution in [1.82, 2.24) is 0 Å². The molecule has 0 unspecified atom stereocenters. The fraction of sp³-hybridized carbons (Fsp3) is 0.500. The van der Waals surface area contributed by atoms with E-state index in [1.165, 1.54) is 10.7 Å². The molecule has 13 heavy (non-hydrogen) atoms. The van der Waals surface area contributed by atoms with E-state index in [9.17, 15) is 0 Å². The number of allylic oxidation sites excluding steroid dienone is 4. The first-order valence-electron chi connectivity index (χ1n) is 4.73. The van der Waals surface area contributed by atoms with Crippen LogP contribution >= 0.6 is 10.0 Å². The van der Waals surface area contributed by atoms with E-state index in [2.05, 4.69) is 51.2 Å². The Morgan fingerprint density at radius 3 is 2.38 bits per heavy atom. The molecule has 0 saturated carbocycles. The predicted molar refractivity (Wildman–Crippen MR) is 67.7 cm³/mol. The van der Waals surface area contributed by atoms with Gasteiger partial charge in [-0.1, -0.05) is 37.8 Å². The first-order chi connectivity index (χ1) is 6.08. The summed E-state index contributed by atoms with van der Waals surface area (Å²) in [4.78, 5) is 1.44. The Hall–Kier alpha value is -0.430. The summed E-state index contributed by atoms with van der Waals surface area (Å²) in [6.45, 7) is 8.19. The maximum absolute atomic E-state index is 3.88. The van der Waals surface area contributed by atoms with Crippen molar-refractivity contribution in [3.63, 3.8) is 0 Å². The summed E-state index contributed by atoms with van der Waals surface area (Å²) in [6, 6.07) is 0. The van der Waals surface area contributed by atoms with Crippen LogP contribution in [0.2, 0.25) is 0 Å². The lowest BCUT2D eigenvalue weighted by atomic mass is 10.3. The Bertz CT molecular complexity index is 209. The van der Waals surface area contributed by atoms with Crippen molar-refractivity contribution < 1.29 is 0 Å². The zero-order chi connectivity index (χ0) is 10.3. The van der Waals surface area contributed by atoms with Crippen LogP contribution in [0.15, 0.2) is 35.8 Å². The third kappa shape index (κ3) is 4.37. The molecule has 0 aromatic rings. The first kappa shape index (κ1) is 12.6. The maximum Gasteiger partial charge on any atom is -0.0147 e. The monoisotopic (exact) mass is 198 g/mol. The molecule has 0 rings (SSSR count). The van der Waals surface area contributed by atoms with Gasteiger partial charge < -0.3 is 0 Å². The molecule has 0 fully saturated rings. The van der Waals surface area contributed by atoms with Gasteiger partial charge in [0.2, 0.25) is 0 Å². The minimum atomic E-state index is -0.582. The second kappa shape index (κ2) is 6.09. The van der Waals surface area contributed by atoms with E-state index < -0.39 is 10.0 Å². The molecule has 0 aliphatic heterocycles. The molecule has 0 aromatic heterocycles. The van der Waals surface area contributed by atoms with Crippen molar-refractivity contribution in [2.75, 3.05) is 18.3 Å².